The van der Waals surface area contributed by atoms with E-state index >= 15 is 0 Å². The van der Waals surface area contributed by atoms with Crippen LogP contribution >= 0.6 is 0 Å². The fourth-order valence-electron chi connectivity index (χ4n) is 3.93. The lowest BCUT2D eigenvalue weighted by atomic mass is 9.57. The number of benzene rings is 1. The first kappa shape index (κ1) is 12.6. The molecule has 0 saturated carbocycles. The zero-order valence-corrected chi connectivity index (χ0v) is 11.4. The molecule has 0 saturated heterocycles. The fourth-order valence-corrected chi connectivity index (χ4v) is 3.93. The maximum absolute atomic E-state index is 10.6. The standard InChI is InChI=1S/C16H24O/c1-11(2)16(12(3)4)14-8-6-5-7-13(14)9-10-15(16)17/h5-8,11-12,15,17H,9-10H2,1-4H3. The second-order valence-corrected chi connectivity index (χ2v) is 5.95. The number of aliphatic hydroxyl groups excluding tert-OH is 1. The summed E-state index contributed by atoms with van der Waals surface area (Å²) in [5, 5.41) is 10.6. The molecule has 1 N–H and O–H groups in total. The van der Waals surface area contributed by atoms with Crippen molar-refractivity contribution in [1.29, 1.82) is 0 Å². The van der Waals surface area contributed by atoms with Gasteiger partial charge in [0.05, 0.1) is 6.10 Å². The Balaban J connectivity index is 2.64. The lowest BCUT2D eigenvalue weighted by Gasteiger charge is -2.49. The topological polar surface area (TPSA) is 20.2 Å². The molecule has 1 heteroatoms. The predicted molar refractivity (Wildman–Crippen MR) is 72.1 cm³/mol. The highest BCUT2D eigenvalue weighted by atomic mass is 16.3. The summed E-state index contributed by atoms with van der Waals surface area (Å²) in [5.74, 6) is 0.915. The molecule has 1 aromatic carbocycles. The summed E-state index contributed by atoms with van der Waals surface area (Å²) in [6.45, 7) is 8.97. The third-order valence-corrected chi connectivity index (χ3v) is 4.63. The Morgan fingerprint density at radius 2 is 1.71 bits per heavy atom. The molecule has 0 aromatic heterocycles. The molecule has 1 aliphatic rings. The van der Waals surface area contributed by atoms with Crippen LogP contribution in [0.5, 0.6) is 0 Å². The Bertz CT molecular complexity index is 384. The zero-order chi connectivity index (χ0) is 12.6. The van der Waals surface area contributed by atoms with E-state index in [0.29, 0.717) is 11.8 Å². The number of hydrogen-bond acceptors (Lipinski definition) is 1. The van der Waals surface area contributed by atoms with E-state index in [1.807, 2.05) is 0 Å². The van der Waals surface area contributed by atoms with E-state index in [1.54, 1.807) is 0 Å². The molecule has 1 aliphatic carbocycles. The molecule has 1 unspecified atom stereocenters. The molecule has 0 fully saturated rings. The summed E-state index contributed by atoms with van der Waals surface area (Å²) < 4.78 is 0. The van der Waals surface area contributed by atoms with E-state index in [2.05, 4.69) is 52.0 Å². The summed E-state index contributed by atoms with van der Waals surface area (Å²) in [4.78, 5) is 0. The summed E-state index contributed by atoms with van der Waals surface area (Å²) in [6.07, 6.45) is 1.70. The van der Waals surface area contributed by atoms with Crippen molar-refractivity contribution in [2.75, 3.05) is 0 Å². The van der Waals surface area contributed by atoms with Gasteiger partial charge in [0.2, 0.25) is 0 Å². The van der Waals surface area contributed by atoms with Crippen LogP contribution in [0.1, 0.15) is 45.2 Å². The monoisotopic (exact) mass is 232 g/mol. The molecule has 0 radical (unpaired) electrons. The number of rotatable bonds is 2. The Labute approximate surface area is 105 Å². The van der Waals surface area contributed by atoms with Gasteiger partial charge in [-0.15, -0.1) is 0 Å². The van der Waals surface area contributed by atoms with Crippen LogP contribution in [0, 0.1) is 11.8 Å². The van der Waals surface area contributed by atoms with Crippen molar-refractivity contribution in [1.82, 2.24) is 0 Å². The summed E-state index contributed by atoms with van der Waals surface area (Å²) >= 11 is 0. The molecule has 1 nitrogen and oxygen atoms in total. The molecule has 94 valence electrons. The Hall–Kier alpha value is -0.820. The largest absolute Gasteiger partial charge is 0.392 e. The van der Waals surface area contributed by atoms with E-state index in [9.17, 15) is 5.11 Å². The number of aliphatic hydroxyl groups is 1. The summed E-state index contributed by atoms with van der Waals surface area (Å²) in [5.41, 5.74) is 2.73. The summed E-state index contributed by atoms with van der Waals surface area (Å²) in [7, 11) is 0. The molecule has 1 atom stereocenters. The molecular weight excluding hydrogens is 208 g/mol. The van der Waals surface area contributed by atoms with Gasteiger partial charge in [0, 0.05) is 5.41 Å². The van der Waals surface area contributed by atoms with Gasteiger partial charge in [-0.1, -0.05) is 52.0 Å². The number of aryl methyl sites for hydroxylation is 1. The van der Waals surface area contributed by atoms with Crippen LogP contribution < -0.4 is 0 Å². The van der Waals surface area contributed by atoms with Crippen molar-refractivity contribution in [3.8, 4) is 0 Å². The smallest absolute Gasteiger partial charge is 0.0645 e. The van der Waals surface area contributed by atoms with Gasteiger partial charge >= 0.3 is 0 Å². The minimum Gasteiger partial charge on any atom is -0.392 e. The first-order chi connectivity index (χ1) is 8.01. The van der Waals surface area contributed by atoms with Gasteiger partial charge in [-0.2, -0.15) is 0 Å². The van der Waals surface area contributed by atoms with Gasteiger partial charge in [-0.3, -0.25) is 0 Å². The minimum absolute atomic E-state index is 0.0746. The van der Waals surface area contributed by atoms with Crippen molar-refractivity contribution in [3.63, 3.8) is 0 Å². The van der Waals surface area contributed by atoms with Crippen LogP contribution in [-0.4, -0.2) is 11.2 Å². The SMILES string of the molecule is CC(C)C1(C(C)C)c2ccccc2CCC1O. The molecule has 1 aromatic rings. The molecule has 0 spiro atoms. The average Bonchev–Trinajstić information content (AvgIpc) is 2.28. The van der Waals surface area contributed by atoms with E-state index in [1.165, 1.54) is 11.1 Å². The fraction of sp³-hybridized carbons (Fsp3) is 0.625. The van der Waals surface area contributed by atoms with Crippen LogP contribution in [0.4, 0.5) is 0 Å². The van der Waals surface area contributed by atoms with Gasteiger partial charge in [0.15, 0.2) is 0 Å². The van der Waals surface area contributed by atoms with Gasteiger partial charge in [-0.05, 0) is 35.8 Å². The zero-order valence-electron chi connectivity index (χ0n) is 11.4. The lowest BCUT2D eigenvalue weighted by Crippen LogP contribution is -2.51. The molecule has 0 heterocycles. The first-order valence-corrected chi connectivity index (χ1v) is 6.77. The van der Waals surface area contributed by atoms with Crippen molar-refractivity contribution < 1.29 is 5.11 Å². The third kappa shape index (κ3) is 1.72. The van der Waals surface area contributed by atoms with Crippen LogP contribution in [-0.2, 0) is 11.8 Å². The summed E-state index contributed by atoms with van der Waals surface area (Å²) in [6, 6.07) is 8.66. The van der Waals surface area contributed by atoms with E-state index in [-0.39, 0.29) is 11.5 Å². The number of hydrogen-bond donors (Lipinski definition) is 1. The van der Waals surface area contributed by atoms with Gasteiger partial charge in [0.1, 0.15) is 0 Å². The van der Waals surface area contributed by atoms with Gasteiger partial charge in [0.25, 0.3) is 0 Å². The highest BCUT2D eigenvalue weighted by Crippen LogP contribution is 2.47. The van der Waals surface area contributed by atoms with E-state index < -0.39 is 0 Å². The second-order valence-electron chi connectivity index (χ2n) is 5.95. The average molecular weight is 232 g/mol. The molecule has 0 bridgehead atoms. The van der Waals surface area contributed by atoms with Gasteiger partial charge < -0.3 is 5.11 Å². The van der Waals surface area contributed by atoms with Crippen LogP contribution in [0.3, 0.4) is 0 Å². The molecular formula is C16H24O. The first-order valence-electron chi connectivity index (χ1n) is 6.77. The maximum Gasteiger partial charge on any atom is 0.0645 e. The Morgan fingerprint density at radius 1 is 1.12 bits per heavy atom. The van der Waals surface area contributed by atoms with Crippen LogP contribution in [0.2, 0.25) is 0 Å². The van der Waals surface area contributed by atoms with Crippen molar-refractivity contribution in [2.24, 2.45) is 11.8 Å². The molecule has 0 amide bonds. The molecule has 17 heavy (non-hydrogen) atoms. The van der Waals surface area contributed by atoms with Crippen molar-refractivity contribution in [3.05, 3.63) is 35.4 Å². The quantitative estimate of drug-likeness (QED) is 0.827. The highest BCUT2D eigenvalue weighted by Gasteiger charge is 2.47. The molecule has 0 aliphatic heterocycles. The van der Waals surface area contributed by atoms with E-state index in [0.717, 1.165) is 12.8 Å². The van der Waals surface area contributed by atoms with Crippen molar-refractivity contribution >= 4 is 0 Å². The predicted octanol–water partition coefficient (Wildman–Crippen LogP) is 3.54. The van der Waals surface area contributed by atoms with E-state index in [4.69, 9.17) is 0 Å². The second kappa shape index (κ2) is 4.45. The van der Waals surface area contributed by atoms with Crippen LogP contribution in [0.15, 0.2) is 24.3 Å². The minimum atomic E-state index is -0.211. The highest BCUT2D eigenvalue weighted by molar-refractivity contribution is 5.39. The Morgan fingerprint density at radius 3 is 2.29 bits per heavy atom. The van der Waals surface area contributed by atoms with Gasteiger partial charge in [-0.25, -0.2) is 0 Å². The lowest BCUT2D eigenvalue weighted by molar-refractivity contribution is 0.00448. The van der Waals surface area contributed by atoms with Crippen molar-refractivity contribution in [2.45, 2.75) is 52.1 Å². The number of fused-ring (bicyclic) bond motifs is 1. The van der Waals surface area contributed by atoms with Crippen LogP contribution in [0.25, 0.3) is 0 Å². The maximum atomic E-state index is 10.6. The Kier molecular flexibility index (Phi) is 3.31. The third-order valence-electron chi connectivity index (χ3n) is 4.63. The normalized spacial score (nSPS) is 22.9. The molecule has 2 rings (SSSR count).